The number of hydrogen-bond acceptors (Lipinski definition) is 7. The molecule has 4 aromatic rings. The average molecular weight is 503 g/mol. The Morgan fingerprint density at radius 2 is 2.09 bits per heavy atom. The summed E-state index contributed by atoms with van der Waals surface area (Å²) in [5.41, 5.74) is 7.09. The molecule has 5 rings (SSSR count). The molecule has 1 aliphatic rings. The summed E-state index contributed by atoms with van der Waals surface area (Å²) >= 11 is 6.18. The van der Waals surface area contributed by atoms with Crippen LogP contribution in [-0.4, -0.2) is 50.0 Å². The number of carbonyl (C=O) groups excluding carboxylic acids is 1. The van der Waals surface area contributed by atoms with E-state index in [4.69, 9.17) is 22.1 Å². The van der Waals surface area contributed by atoms with E-state index in [9.17, 15) is 13.6 Å². The van der Waals surface area contributed by atoms with Gasteiger partial charge in [0, 0.05) is 29.2 Å². The molecule has 3 aromatic heterocycles. The van der Waals surface area contributed by atoms with Gasteiger partial charge in [-0.15, -0.1) is 5.10 Å². The van der Waals surface area contributed by atoms with E-state index in [2.05, 4.69) is 25.8 Å². The van der Waals surface area contributed by atoms with E-state index in [0.29, 0.717) is 5.02 Å². The first-order valence-electron chi connectivity index (χ1n) is 10.9. The van der Waals surface area contributed by atoms with Crippen molar-refractivity contribution in [3.8, 4) is 17.0 Å². The van der Waals surface area contributed by atoms with E-state index in [-0.39, 0.29) is 45.8 Å². The Morgan fingerprint density at radius 3 is 2.86 bits per heavy atom. The van der Waals surface area contributed by atoms with Crippen molar-refractivity contribution in [3.05, 3.63) is 53.4 Å². The number of hydrogen-bond donors (Lipinski definition) is 3. The van der Waals surface area contributed by atoms with Crippen LogP contribution < -0.4 is 21.1 Å². The summed E-state index contributed by atoms with van der Waals surface area (Å²) in [6.45, 7) is -1.43. The zero-order valence-electron chi connectivity index (χ0n) is 18.3. The number of halogens is 3. The third-order valence-electron chi connectivity index (χ3n) is 5.73. The van der Waals surface area contributed by atoms with Gasteiger partial charge in [-0.05, 0) is 50.2 Å². The van der Waals surface area contributed by atoms with Crippen LogP contribution in [0.5, 0.6) is 5.75 Å². The zero-order chi connectivity index (χ0) is 24.5. The summed E-state index contributed by atoms with van der Waals surface area (Å²) in [6.07, 6.45) is 6.44. The third-order valence-corrected chi connectivity index (χ3v) is 5.96. The van der Waals surface area contributed by atoms with Gasteiger partial charge in [0.25, 0.3) is 5.91 Å². The first kappa shape index (κ1) is 23.0. The molecule has 0 unspecified atom stereocenters. The molecule has 0 radical (unpaired) electrons. The molecule has 4 N–H and O–H groups in total. The minimum Gasteiger partial charge on any atom is -0.434 e. The highest BCUT2D eigenvalue weighted by Crippen LogP contribution is 2.38. The van der Waals surface area contributed by atoms with E-state index >= 15 is 0 Å². The van der Waals surface area contributed by atoms with Gasteiger partial charge >= 0.3 is 6.61 Å². The van der Waals surface area contributed by atoms with Crippen LogP contribution in [0.4, 0.5) is 20.3 Å². The van der Waals surface area contributed by atoms with Crippen LogP contribution in [0.15, 0.2) is 42.9 Å². The number of nitrogens with two attached hydrogens (primary N) is 1. The number of fused-ring (bicyclic) bond motifs is 1. The van der Waals surface area contributed by atoms with E-state index < -0.39 is 12.5 Å². The van der Waals surface area contributed by atoms with Crippen molar-refractivity contribution in [1.29, 1.82) is 0 Å². The zero-order valence-corrected chi connectivity index (χ0v) is 19.0. The lowest BCUT2D eigenvalue weighted by Crippen LogP contribution is -2.29. The Balaban J connectivity index is 1.59. The summed E-state index contributed by atoms with van der Waals surface area (Å²) in [5, 5.41) is 15.2. The normalized spacial score (nSPS) is 14.5. The number of nitrogens with one attached hydrogen (secondary N) is 2. The minimum atomic E-state index is -3.05. The molecule has 0 spiro atoms. The maximum Gasteiger partial charge on any atom is 0.387 e. The molecule has 4 heterocycles. The molecule has 13 heteroatoms. The molecule has 1 fully saturated rings. The molecule has 182 valence electrons. The van der Waals surface area contributed by atoms with Gasteiger partial charge in [-0.3, -0.25) is 9.48 Å². The highest BCUT2D eigenvalue weighted by atomic mass is 35.5. The molecule has 1 amide bonds. The fraction of sp³-hybridized carbons (Fsp3) is 0.273. The minimum absolute atomic E-state index is 0.00188. The Kier molecular flexibility index (Phi) is 6.22. The molecular weight excluding hydrogens is 482 g/mol. The lowest BCUT2D eigenvalue weighted by Gasteiger charge is -2.22. The number of piperidine rings is 1. The molecule has 35 heavy (non-hydrogen) atoms. The summed E-state index contributed by atoms with van der Waals surface area (Å²) in [6, 6.07) is 5.96. The van der Waals surface area contributed by atoms with Crippen molar-refractivity contribution < 1.29 is 18.3 Å². The second-order valence-electron chi connectivity index (χ2n) is 7.97. The SMILES string of the molecule is Nc1nn2cccnc2c1C(=O)Nc1cn(C2CCNCC2)nc1-c1cc(Cl)ccc1OC(F)F. The number of aromatic nitrogens is 5. The Hall–Kier alpha value is -3.77. The van der Waals surface area contributed by atoms with Crippen molar-refractivity contribution in [1.82, 2.24) is 29.7 Å². The van der Waals surface area contributed by atoms with Gasteiger partial charge in [-0.1, -0.05) is 11.6 Å². The van der Waals surface area contributed by atoms with Gasteiger partial charge in [0.05, 0.1) is 11.7 Å². The molecule has 1 aliphatic heterocycles. The summed E-state index contributed by atoms with van der Waals surface area (Å²) < 4.78 is 34.1. The number of nitrogen functional groups attached to an aromatic ring is 1. The highest BCUT2D eigenvalue weighted by Gasteiger charge is 2.26. The summed E-state index contributed by atoms with van der Waals surface area (Å²) in [5.74, 6) is -0.689. The van der Waals surface area contributed by atoms with Gasteiger partial charge in [-0.2, -0.15) is 13.9 Å². The maximum atomic E-state index is 13.3. The van der Waals surface area contributed by atoms with Crippen LogP contribution in [0.1, 0.15) is 29.2 Å². The number of ether oxygens (including phenoxy) is 1. The molecule has 0 bridgehead atoms. The molecule has 10 nitrogen and oxygen atoms in total. The maximum absolute atomic E-state index is 13.3. The van der Waals surface area contributed by atoms with Crippen molar-refractivity contribution in [2.24, 2.45) is 0 Å². The van der Waals surface area contributed by atoms with Crippen molar-refractivity contribution in [3.63, 3.8) is 0 Å². The van der Waals surface area contributed by atoms with E-state index in [1.54, 1.807) is 23.1 Å². The van der Waals surface area contributed by atoms with Gasteiger partial charge < -0.3 is 21.1 Å². The van der Waals surface area contributed by atoms with Gasteiger partial charge in [0.1, 0.15) is 17.0 Å². The standard InChI is InChI=1S/C22H21ClF2N8O2/c23-12-2-3-16(35-22(24)25)14(10-12)18-15(11-33(30-18)13-4-7-27-8-5-13)29-21(34)17-19(26)31-32-9-1-6-28-20(17)32/h1-3,6,9-11,13,22,27H,4-5,7-8H2,(H2,26,31)(H,29,34). The summed E-state index contributed by atoms with van der Waals surface area (Å²) in [4.78, 5) is 17.5. The van der Waals surface area contributed by atoms with Crippen LogP contribution in [0.25, 0.3) is 16.9 Å². The molecule has 1 aromatic carbocycles. The van der Waals surface area contributed by atoms with E-state index in [1.807, 2.05) is 0 Å². The second-order valence-corrected chi connectivity index (χ2v) is 8.41. The van der Waals surface area contributed by atoms with Crippen molar-refractivity contribution >= 4 is 34.7 Å². The van der Waals surface area contributed by atoms with E-state index in [1.165, 1.54) is 28.9 Å². The van der Waals surface area contributed by atoms with Gasteiger partial charge in [-0.25, -0.2) is 9.50 Å². The number of benzene rings is 1. The lowest BCUT2D eigenvalue weighted by atomic mass is 10.1. The smallest absolute Gasteiger partial charge is 0.387 e. The van der Waals surface area contributed by atoms with Crippen LogP contribution in [-0.2, 0) is 0 Å². The predicted octanol–water partition coefficient (Wildman–Crippen LogP) is 3.61. The predicted molar refractivity (Wildman–Crippen MR) is 126 cm³/mol. The van der Waals surface area contributed by atoms with Gasteiger partial charge in [0.2, 0.25) is 0 Å². The number of alkyl halides is 2. The Labute approximate surface area is 203 Å². The monoisotopic (exact) mass is 502 g/mol. The number of amides is 1. The molecule has 1 saturated heterocycles. The molecule has 0 atom stereocenters. The Bertz CT molecular complexity index is 1380. The quantitative estimate of drug-likeness (QED) is 0.368. The first-order chi connectivity index (χ1) is 16.9. The lowest BCUT2D eigenvalue weighted by molar-refractivity contribution is -0.0494. The van der Waals surface area contributed by atoms with Crippen molar-refractivity contribution in [2.45, 2.75) is 25.5 Å². The average Bonchev–Trinajstić information content (AvgIpc) is 3.40. The second kappa shape index (κ2) is 9.47. The topological polar surface area (TPSA) is 124 Å². The Morgan fingerprint density at radius 1 is 1.29 bits per heavy atom. The summed E-state index contributed by atoms with van der Waals surface area (Å²) in [7, 11) is 0. The third kappa shape index (κ3) is 4.62. The molecule has 0 saturated carbocycles. The molecule has 0 aliphatic carbocycles. The van der Waals surface area contributed by atoms with Crippen LogP contribution in [0.2, 0.25) is 5.02 Å². The largest absolute Gasteiger partial charge is 0.434 e. The van der Waals surface area contributed by atoms with Crippen LogP contribution in [0, 0.1) is 0 Å². The number of nitrogens with zero attached hydrogens (tertiary/aromatic N) is 5. The van der Waals surface area contributed by atoms with Gasteiger partial charge in [0.15, 0.2) is 11.5 Å². The fourth-order valence-corrected chi connectivity index (χ4v) is 4.30. The van der Waals surface area contributed by atoms with E-state index in [0.717, 1.165) is 25.9 Å². The number of rotatable bonds is 6. The number of anilines is 2. The number of carbonyl (C=O) groups is 1. The van der Waals surface area contributed by atoms with Crippen LogP contribution >= 0.6 is 11.6 Å². The van der Waals surface area contributed by atoms with Crippen LogP contribution in [0.3, 0.4) is 0 Å². The molecular formula is C22H21ClF2N8O2. The van der Waals surface area contributed by atoms with Crippen molar-refractivity contribution in [2.75, 3.05) is 24.1 Å². The highest BCUT2D eigenvalue weighted by molar-refractivity contribution is 6.31. The first-order valence-corrected chi connectivity index (χ1v) is 11.2. The fourth-order valence-electron chi connectivity index (χ4n) is 4.13.